The molecule has 0 spiro atoms. The number of hydrogen-bond acceptors (Lipinski definition) is 4. The molecule has 2 atom stereocenters. The van der Waals surface area contributed by atoms with E-state index in [1.165, 1.54) is 5.56 Å². The normalized spacial score (nSPS) is 24.6. The summed E-state index contributed by atoms with van der Waals surface area (Å²) in [6, 6.07) is 7.94. The Morgan fingerprint density at radius 2 is 2.09 bits per heavy atom. The highest BCUT2D eigenvalue weighted by Crippen LogP contribution is 2.48. The Morgan fingerprint density at radius 3 is 2.78 bits per heavy atom. The summed E-state index contributed by atoms with van der Waals surface area (Å²) >= 11 is 0. The molecule has 1 aliphatic carbocycles. The minimum Gasteiger partial charge on any atom is -0.469 e. The summed E-state index contributed by atoms with van der Waals surface area (Å²) in [6.45, 7) is 4.41. The fraction of sp³-hybridized carbons (Fsp3) is 0.444. The summed E-state index contributed by atoms with van der Waals surface area (Å²) < 4.78 is 5.42. The third kappa shape index (κ3) is 3.15. The lowest BCUT2D eigenvalue weighted by molar-refractivity contribution is -0.134. The first kappa shape index (κ1) is 14.5. The molecule has 120 valence electrons. The summed E-state index contributed by atoms with van der Waals surface area (Å²) in [5.41, 5.74) is 1.23. The third-order valence-corrected chi connectivity index (χ3v) is 4.83. The number of rotatable bonds is 4. The van der Waals surface area contributed by atoms with Crippen LogP contribution in [0.2, 0.25) is 0 Å². The fourth-order valence-corrected chi connectivity index (χ4v) is 3.40. The van der Waals surface area contributed by atoms with Crippen LogP contribution in [0.15, 0.2) is 47.3 Å². The van der Waals surface area contributed by atoms with E-state index in [0.29, 0.717) is 11.8 Å². The number of aromatic nitrogens is 1. The molecule has 1 amide bonds. The molecule has 0 N–H and O–H groups in total. The second-order valence-corrected chi connectivity index (χ2v) is 6.43. The number of pyridine rings is 1. The zero-order chi connectivity index (χ0) is 15.6. The minimum absolute atomic E-state index is 0.131. The predicted octanol–water partition coefficient (Wildman–Crippen LogP) is 2.12. The molecule has 1 aliphatic heterocycles. The Bertz CT molecular complexity index is 648. The summed E-state index contributed by atoms with van der Waals surface area (Å²) in [4.78, 5) is 21.2. The molecule has 5 nitrogen and oxygen atoms in total. The molecule has 0 unspecified atom stereocenters. The minimum atomic E-state index is 0.131. The van der Waals surface area contributed by atoms with Crippen molar-refractivity contribution in [3.05, 3.63) is 54.2 Å². The monoisotopic (exact) mass is 311 g/mol. The first-order valence-electron chi connectivity index (χ1n) is 8.25. The van der Waals surface area contributed by atoms with Crippen molar-refractivity contribution in [2.24, 2.45) is 5.92 Å². The number of nitrogens with zero attached hydrogens (tertiary/aromatic N) is 3. The molecule has 2 aromatic heterocycles. The van der Waals surface area contributed by atoms with Crippen molar-refractivity contribution in [1.29, 1.82) is 0 Å². The van der Waals surface area contributed by atoms with Crippen molar-refractivity contribution in [2.45, 2.75) is 18.9 Å². The van der Waals surface area contributed by atoms with E-state index in [1.807, 2.05) is 29.3 Å². The van der Waals surface area contributed by atoms with Gasteiger partial charge in [-0.1, -0.05) is 6.07 Å². The number of hydrogen-bond donors (Lipinski definition) is 0. The van der Waals surface area contributed by atoms with Gasteiger partial charge in [-0.25, -0.2) is 0 Å². The van der Waals surface area contributed by atoms with Gasteiger partial charge in [0.25, 0.3) is 0 Å². The number of furan rings is 1. The second kappa shape index (κ2) is 6.16. The van der Waals surface area contributed by atoms with Gasteiger partial charge in [0, 0.05) is 57.0 Å². The molecular weight excluding hydrogens is 290 g/mol. The zero-order valence-electron chi connectivity index (χ0n) is 13.1. The van der Waals surface area contributed by atoms with E-state index in [-0.39, 0.29) is 5.92 Å². The Kier molecular flexibility index (Phi) is 3.87. The van der Waals surface area contributed by atoms with Crippen molar-refractivity contribution in [1.82, 2.24) is 14.8 Å². The van der Waals surface area contributed by atoms with Crippen LogP contribution in [0.5, 0.6) is 0 Å². The Balaban J connectivity index is 1.28. The maximum atomic E-state index is 12.6. The van der Waals surface area contributed by atoms with Crippen molar-refractivity contribution in [3.8, 4) is 0 Å². The summed E-state index contributed by atoms with van der Waals surface area (Å²) in [7, 11) is 0. The van der Waals surface area contributed by atoms with Gasteiger partial charge in [0.05, 0.1) is 6.26 Å². The highest BCUT2D eigenvalue weighted by Gasteiger charge is 2.47. The average Bonchev–Trinajstić information content (AvgIpc) is 3.21. The largest absolute Gasteiger partial charge is 0.469 e. The van der Waals surface area contributed by atoms with E-state index in [0.717, 1.165) is 44.9 Å². The van der Waals surface area contributed by atoms with Crippen LogP contribution >= 0.6 is 0 Å². The van der Waals surface area contributed by atoms with Crippen LogP contribution in [0.1, 0.15) is 23.7 Å². The number of carbonyl (C=O) groups is 1. The second-order valence-electron chi connectivity index (χ2n) is 6.43. The van der Waals surface area contributed by atoms with Crippen molar-refractivity contribution < 1.29 is 9.21 Å². The van der Waals surface area contributed by atoms with E-state index < -0.39 is 0 Å². The fourth-order valence-electron chi connectivity index (χ4n) is 3.40. The molecule has 23 heavy (non-hydrogen) atoms. The molecule has 2 aliphatic rings. The van der Waals surface area contributed by atoms with E-state index >= 15 is 0 Å². The van der Waals surface area contributed by atoms with Gasteiger partial charge in [-0.3, -0.25) is 14.7 Å². The first-order valence-corrected chi connectivity index (χ1v) is 8.25. The standard InChI is InChI=1S/C18H21N3O2/c22-18(16-11-15(16)17-4-2-10-23-17)21-8-6-20(7-9-21)13-14-3-1-5-19-12-14/h1-5,10,12,15-16H,6-9,11,13H2/t15-,16-/m0/s1. The van der Waals surface area contributed by atoms with Gasteiger partial charge in [-0.2, -0.15) is 0 Å². The summed E-state index contributed by atoms with van der Waals surface area (Å²) in [5.74, 6) is 1.68. The molecule has 0 radical (unpaired) electrons. The molecule has 3 heterocycles. The van der Waals surface area contributed by atoms with Gasteiger partial charge < -0.3 is 9.32 Å². The molecule has 0 bridgehead atoms. The van der Waals surface area contributed by atoms with Crippen molar-refractivity contribution in [3.63, 3.8) is 0 Å². The van der Waals surface area contributed by atoms with E-state index in [9.17, 15) is 4.79 Å². The maximum absolute atomic E-state index is 12.6. The highest BCUT2D eigenvalue weighted by atomic mass is 16.3. The van der Waals surface area contributed by atoms with Crippen LogP contribution in [0.25, 0.3) is 0 Å². The van der Waals surface area contributed by atoms with Crippen LogP contribution in [-0.2, 0) is 11.3 Å². The van der Waals surface area contributed by atoms with E-state index in [4.69, 9.17) is 4.42 Å². The lowest BCUT2D eigenvalue weighted by Gasteiger charge is -2.34. The number of carbonyl (C=O) groups excluding carboxylic acids is 1. The van der Waals surface area contributed by atoms with Crippen LogP contribution in [-0.4, -0.2) is 46.9 Å². The molecule has 5 heteroatoms. The third-order valence-electron chi connectivity index (χ3n) is 4.83. The van der Waals surface area contributed by atoms with Crippen molar-refractivity contribution >= 4 is 5.91 Å². The number of amides is 1. The Labute approximate surface area is 135 Å². The van der Waals surface area contributed by atoms with Gasteiger partial charge in [0.15, 0.2) is 0 Å². The van der Waals surface area contributed by atoms with Crippen LogP contribution < -0.4 is 0 Å². The SMILES string of the molecule is O=C([C@H]1C[C@@H]1c1ccco1)N1CCN(Cc2cccnc2)CC1. The van der Waals surface area contributed by atoms with Gasteiger partial charge in [0.2, 0.25) is 5.91 Å². The zero-order valence-corrected chi connectivity index (χ0v) is 13.1. The Hall–Kier alpha value is -2.14. The topological polar surface area (TPSA) is 49.6 Å². The Morgan fingerprint density at radius 1 is 1.22 bits per heavy atom. The molecule has 2 fully saturated rings. The predicted molar refractivity (Wildman–Crippen MR) is 85.7 cm³/mol. The van der Waals surface area contributed by atoms with E-state index in [2.05, 4.69) is 16.0 Å². The van der Waals surface area contributed by atoms with Crippen LogP contribution in [0.3, 0.4) is 0 Å². The molecular formula is C18H21N3O2. The molecule has 0 aromatic carbocycles. The molecule has 4 rings (SSSR count). The maximum Gasteiger partial charge on any atom is 0.226 e. The highest BCUT2D eigenvalue weighted by molar-refractivity contribution is 5.83. The lowest BCUT2D eigenvalue weighted by Crippen LogP contribution is -2.48. The number of piperazine rings is 1. The summed E-state index contributed by atoms with van der Waals surface area (Å²) in [6.07, 6.45) is 6.33. The summed E-state index contributed by atoms with van der Waals surface area (Å²) in [5, 5.41) is 0. The van der Waals surface area contributed by atoms with Gasteiger partial charge >= 0.3 is 0 Å². The average molecular weight is 311 g/mol. The quantitative estimate of drug-likeness (QED) is 0.868. The van der Waals surface area contributed by atoms with Crippen LogP contribution in [0.4, 0.5) is 0 Å². The van der Waals surface area contributed by atoms with Crippen LogP contribution in [0, 0.1) is 5.92 Å². The molecule has 1 saturated heterocycles. The van der Waals surface area contributed by atoms with Gasteiger partial charge in [-0.15, -0.1) is 0 Å². The first-order chi connectivity index (χ1) is 11.3. The van der Waals surface area contributed by atoms with Gasteiger partial charge in [0.1, 0.15) is 5.76 Å². The smallest absolute Gasteiger partial charge is 0.226 e. The van der Waals surface area contributed by atoms with Gasteiger partial charge in [-0.05, 0) is 30.2 Å². The van der Waals surface area contributed by atoms with Crippen molar-refractivity contribution in [2.75, 3.05) is 26.2 Å². The van der Waals surface area contributed by atoms with E-state index in [1.54, 1.807) is 12.5 Å². The molecule has 1 saturated carbocycles. The lowest BCUT2D eigenvalue weighted by atomic mass is 10.2. The molecule has 2 aromatic rings.